The SMILES string of the molecule is Clc1ccc(CCc2ccc3c(c2)Oc2ccccc2N3)cc1Cl.O=C(O)O. The number of aryl methyl sites for hydroxylation is 2. The largest absolute Gasteiger partial charge is 0.503 e. The van der Waals surface area contributed by atoms with Crippen molar-refractivity contribution in [1.29, 1.82) is 0 Å². The van der Waals surface area contributed by atoms with Gasteiger partial charge in [0.05, 0.1) is 21.4 Å². The highest BCUT2D eigenvalue weighted by Gasteiger charge is 2.16. The number of carboxylic acid groups (broad SMARTS) is 2. The summed E-state index contributed by atoms with van der Waals surface area (Å²) >= 11 is 12.0. The van der Waals surface area contributed by atoms with E-state index in [0.717, 1.165) is 35.7 Å². The van der Waals surface area contributed by atoms with E-state index < -0.39 is 6.16 Å². The van der Waals surface area contributed by atoms with E-state index in [2.05, 4.69) is 23.5 Å². The van der Waals surface area contributed by atoms with Gasteiger partial charge in [-0.15, -0.1) is 0 Å². The van der Waals surface area contributed by atoms with Crippen LogP contribution in [0.3, 0.4) is 0 Å². The smallest absolute Gasteiger partial charge is 0.453 e. The summed E-state index contributed by atoms with van der Waals surface area (Å²) < 4.78 is 6.00. The standard InChI is InChI=1S/C20H15Cl2NO.CH2O3/c21-15-9-7-13(11-16(15)22)5-6-14-8-10-18-20(12-14)24-19-4-2-1-3-17(19)23-18;2-1(3)4/h1-4,7-12,23H,5-6H2;(H2,2,3,4). The molecule has 1 aliphatic rings. The molecule has 0 saturated heterocycles. The summed E-state index contributed by atoms with van der Waals surface area (Å²) in [6.45, 7) is 0. The minimum Gasteiger partial charge on any atom is -0.453 e. The van der Waals surface area contributed by atoms with Gasteiger partial charge in [-0.1, -0.05) is 47.5 Å². The summed E-state index contributed by atoms with van der Waals surface area (Å²) in [5.74, 6) is 1.71. The minimum atomic E-state index is -1.83. The molecule has 3 aromatic rings. The Morgan fingerprint density at radius 2 is 1.43 bits per heavy atom. The Labute approximate surface area is 172 Å². The zero-order valence-electron chi connectivity index (χ0n) is 14.7. The first kappa shape index (κ1) is 19.9. The number of rotatable bonds is 3. The van der Waals surface area contributed by atoms with Gasteiger partial charge in [0, 0.05) is 0 Å². The van der Waals surface area contributed by atoms with Crippen molar-refractivity contribution in [2.45, 2.75) is 12.8 Å². The summed E-state index contributed by atoms with van der Waals surface area (Å²) in [5, 5.41) is 18.5. The quantitative estimate of drug-likeness (QED) is 0.339. The van der Waals surface area contributed by atoms with Crippen LogP contribution in [0.5, 0.6) is 11.5 Å². The van der Waals surface area contributed by atoms with Crippen molar-refractivity contribution in [1.82, 2.24) is 0 Å². The van der Waals surface area contributed by atoms with Gasteiger partial charge < -0.3 is 20.3 Å². The number of carbonyl (C=O) groups is 1. The molecule has 0 atom stereocenters. The monoisotopic (exact) mass is 417 g/mol. The van der Waals surface area contributed by atoms with Gasteiger partial charge in [0.15, 0.2) is 11.5 Å². The number of ether oxygens (including phenoxy) is 1. The fraction of sp³-hybridized carbons (Fsp3) is 0.0952. The Morgan fingerprint density at radius 1 is 0.821 bits per heavy atom. The van der Waals surface area contributed by atoms with Gasteiger partial charge in [0.2, 0.25) is 0 Å². The Balaban J connectivity index is 0.000000516. The second kappa shape index (κ2) is 8.87. The van der Waals surface area contributed by atoms with Gasteiger partial charge in [-0.05, 0) is 60.4 Å². The number of para-hydroxylation sites is 2. The molecular formula is C21H17Cl2NO4. The molecule has 1 heterocycles. The maximum absolute atomic E-state index is 8.56. The summed E-state index contributed by atoms with van der Waals surface area (Å²) in [6.07, 6.45) is -0.0179. The van der Waals surface area contributed by atoms with E-state index in [1.54, 1.807) is 0 Å². The van der Waals surface area contributed by atoms with Crippen LogP contribution in [0, 0.1) is 0 Å². The number of hydrogen-bond donors (Lipinski definition) is 3. The molecule has 0 radical (unpaired) electrons. The lowest BCUT2D eigenvalue weighted by Gasteiger charge is -2.22. The minimum absolute atomic E-state index is 0.590. The molecule has 144 valence electrons. The third-order valence-corrected chi connectivity index (χ3v) is 4.85. The highest BCUT2D eigenvalue weighted by molar-refractivity contribution is 6.42. The van der Waals surface area contributed by atoms with Crippen molar-refractivity contribution in [2.24, 2.45) is 0 Å². The maximum Gasteiger partial charge on any atom is 0.503 e. The lowest BCUT2D eigenvalue weighted by Crippen LogP contribution is -2.03. The molecule has 5 nitrogen and oxygen atoms in total. The summed E-state index contributed by atoms with van der Waals surface area (Å²) in [4.78, 5) is 8.56. The molecule has 0 bridgehead atoms. The molecule has 0 aliphatic carbocycles. The van der Waals surface area contributed by atoms with Gasteiger partial charge in [-0.25, -0.2) is 4.79 Å². The fourth-order valence-electron chi connectivity index (χ4n) is 2.82. The van der Waals surface area contributed by atoms with Gasteiger partial charge >= 0.3 is 6.16 Å². The predicted molar refractivity (Wildman–Crippen MR) is 111 cm³/mol. The molecule has 0 spiro atoms. The topological polar surface area (TPSA) is 78.8 Å². The molecule has 0 saturated carbocycles. The number of fused-ring (bicyclic) bond motifs is 2. The molecule has 3 aromatic carbocycles. The molecule has 28 heavy (non-hydrogen) atoms. The first-order valence-electron chi connectivity index (χ1n) is 8.45. The average molecular weight is 418 g/mol. The van der Waals surface area contributed by atoms with Crippen LogP contribution in [0.25, 0.3) is 0 Å². The predicted octanol–water partition coefficient (Wildman–Crippen LogP) is 6.85. The van der Waals surface area contributed by atoms with Crippen molar-refractivity contribution in [3.63, 3.8) is 0 Å². The first-order valence-corrected chi connectivity index (χ1v) is 9.20. The van der Waals surface area contributed by atoms with Crippen LogP contribution < -0.4 is 10.1 Å². The number of anilines is 2. The highest BCUT2D eigenvalue weighted by Crippen LogP contribution is 2.42. The van der Waals surface area contributed by atoms with Gasteiger partial charge in [-0.3, -0.25) is 0 Å². The zero-order valence-corrected chi connectivity index (χ0v) is 16.2. The van der Waals surface area contributed by atoms with Crippen LogP contribution >= 0.6 is 23.2 Å². The molecule has 3 N–H and O–H groups in total. The number of nitrogens with one attached hydrogen (secondary N) is 1. The number of benzene rings is 3. The molecule has 1 aliphatic heterocycles. The summed E-state index contributed by atoms with van der Waals surface area (Å²) in [5.41, 5.74) is 4.38. The lowest BCUT2D eigenvalue weighted by molar-refractivity contribution is 0.137. The molecule has 0 unspecified atom stereocenters. The maximum atomic E-state index is 8.56. The van der Waals surface area contributed by atoms with Gasteiger partial charge in [-0.2, -0.15) is 0 Å². The van der Waals surface area contributed by atoms with Crippen LogP contribution in [0.2, 0.25) is 10.0 Å². The van der Waals surface area contributed by atoms with Gasteiger partial charge in [0.1, 0.15) is 0 Å². The molecule has 0 amide bonds. The third kappa shape index (κ3) is 5.09. The van der Waals surface area contributed by atoms with E-state index in [1.807, 2.05) is 42.5 Å². The van der Waals surface area contributed by atoms with E-state index in [0.29, 0.717) is 10.0 Å². The van der Waals surface area contributed by atoms with E-state index in [9.17, 15) is 0 Å². The van der Waals surface area contributed by atoms with E-state index in [4.69, 9.17) is 42.9 Å². The zero-order chi connectivity index (χ0) is 20.1. The Bertz CT molecular complexity index is 1000. The number of hydrogen-bond acceptors (Lipinski definition) is 3. The molecule has 4 rings (SSSR count). The van der Waals surface area contributed by atoms with Crippen molar-refractivity contribution in [3.05, 3.63) is 81.8 Å². The van der Waals surface area contributed by atoms with Crippen LogP contribution in [0.15, 0.2) is 60.7 Å². The van der Waals surface area contributed by atoms with Crippen molar-refractivity contribution in [2.75, 3.05) is 5.32 Å². The first-order chi connectivity index (χ1) is 13.4. The third-order valence-electron chi connectivity index (χ3n) is 4.11. The van der Waals surface area contributed by atoms with Gasteiger partial charge in [0.25, 0.3) is 0 Å². The van der Waals surface area contributed by atoms with E-state index in [-0.39, 0.29) is 0 Å². The second-order valence-corrected chi connectivity index (χ2v) is 6.90. The summed E-state index contributed by atoms with van der Waals surface area (Å²) in [7, 11) is 0. The summed E-state index contributed by atoms with van der Waals surface area (Å²) in [6, 6.07) is 20.0. The Morgan fingerprint density at radius 3 is 2.14 bits per heavy atom. The molecule has 0 aromatic heterocycles. The number of halogens is 2. The normalized spacial score (nSPS) is 11.1. The molecule has 7 heteroatoms. The average Bonchev–Trinajstić information content (AvgIpc) is 2.66. The molecule has 0 fully saturated rings. The van der Waals surface area contributed by atoms with Crippen molar-refractivity contribution < 1.29 is 19.7 Å². The van der Waals surface area contributed by atoms with Crippen molar-refractivity contribution >= 4 is 40.7 Å². The van der Waals surface area contributed by atoms with Crippen molar-refractivity contribution in [3.8, 4) is 11.5 Å². The lowest BCUT2D eigenvalue weighted by atomic mass is 10.0. The Hall–Kier alpha value is -2.89. The second-order valence-electron chi connectivity index (χ2n) is 6.08. The Kier molecular flexibility index (Phi) is 6.29. The molecular weight excluding hydrogens is 401 g/mol. The van der Waals surface area contributed by atoms with Crippen LogP contribution in [0.1, 0.15) is 11.1 Å². The fourth-order valence-corrected chi connectivity index (χ4v) is 3.14. The van der Waals surface area contributed by atoms with Crippen LogP contribution in [0.4, 0.5) is 16.2 Å². The van der Waals surface area contributed by atoms with E-state index in [1.165, 1.54) is 11.1 Å². The van der Waals surface area contributed by atoms with Crippen LogP contribution in [-0.2, 0) is 12.8 Å². The highest BCUT2D eigenvalue weighted by atomic mass is 35.5. The van der Waals surface area contributed by atoms with E-state index >= 15 is 0 Å². The van der Waals surface area contributed by atoms with Crippen LogP contribution in [-0.4, -0.2) is 16.4 Å².